The summed E-state index contributed by atoms with van der Waals surface area (Å²) in [4.78, 5) is 0. The quantitative estimate of drug-likeness (QED) is 0.667. The van der Waals surface area contributed by atoms with Crippen LogP contribution in [-0.2, 0) is 0 Å². The maximum Gasteiger partial charge on any atom is 0.0314 e. The Hall–Kier alpha value is -1.24. The van der Waals surface area contributed by atoms with E-state index in [1.807, 2.05) is 26.0 Å². The Morgan fingerprint density at radius 3 is 2.07 bits per heavy atom. The van der Waals surface area contributed by atoms with Crippen LogP contribution in [0.15, 0.2) is 29.8 Å². The smallest absolute Gasteiger partial charge is 0.0314 e. The number of hydrogen-bond donors (Lipinski definition) is 1. The van der Waals surface area contributed by atoms with Crippen molar-refractivity contribution >= 4 is 11.8 Å². The van der Waals surface area contributed by atoms with Gasteiger partial charge >= 0.3 is 0 Å². The summed E-state index contributed by atoms with van der Waals surface area (Å²) < 4.78 is 0. The lowest BCUT2D eigenvalue weighted by Crippen LogP contribution is -1.95. The molecule has 14 heavy (non-hydrogen) atoms. The van der Waals surface area contributed by atoms with Gasteiger partial charge in [0.25, 0.3) is 0 Å². The van der Waals surface area contributed by atoms with Crippen LogP contribution in [0.4, 0.5) is 5.69 Å². The van der Waals surface area contributed by atoms with Crippen LogP contribution in [0, 0.1) is 0 Å². The van der Waals surface area contributed by atoms with Crippen LogP contribution >= 0.6 is 0 Å². The van der Waals surface area contributed by atoms with E-state index in [4.69, 9.17) is 5.73 Å². The molecule has 0 bridgehead atoms. The molecule has 0 aliphatic heterocycles. The van der Waals surface area contributed by atoms with Crippen molar-refractivity contribution in [3.8, 4) is 0 Å². The fourth-order valence-corrected chi connectivity index (χ4v) is 1.35. The molecule has 1 aromatic carbocycles. The standard InChI is InChI=1S/C11H13N.C2H6/c12-11-6-4-10(5-7-11)8-9-2-1-3-9;1-2/h4-8H,1-3,12H2;1-2H3. The Labute approximate surface area is 86.6 Å². The summed E-state index contributed by atoms with van der Waals surface area (Å²) in [6.07, 6.45) is 6.19. The second-order valence-corrected chi connectivity index (χ2v) is 3.32. The molecule has 0 unspecified atom stereocenters. The fourth-order valence-electron chi connectivity index (χ4n) is 1.35. The summed E-state index contributed by atoms with van der Waals surface area (Å²) in [6.45, 7) is 4.00. The van der Waals surface area contributed by atoms with Crippen molar-refractivity contribution in [3.05, 3.63) is 35.4 Å². The zero-order chi connectivity index (χ0) is 10.4. The van der Waals surface area contributed by atoms with Gasteiger partial charge in [-0.2, -0.15) is 0 Å². The van der Waals surface area contributed by atoms with Crippen molar-refractivity contribution in [2.24, 2.45) is 0 Å². The van der Waals surface area contributed by atoms with Gasteiger partial charge in [0.05, 0.1) is 0 Å². The first-order valence-electron chi connectivity index (χ1n) is 5.39. The summed E-state index contributed by atoms with van der Waals surface area (Å²) in [7, 11) is 0. The van der Waals surface area contributed by atoms with Gasteiger partial charge in [-0.15, -0.1) is 0 Å². The molecule has 1 nitrogen and oxygen atoms in total. The second-order valence-electron chi connectivity index (χ2n) is 3.32. The van der Waals surface area contributed by atoms with Gasteiger partial charge in [0, 0.05) is 5.69 Å². The van der Waals surface area contributed by atoms with Crippen molar-refractivity contribution < 1.29 is 0 Å². The molecule has 0 radical (unpaired) electrons. The molecule has 1 saturated carbocycles. The Balaban J connectivity index is 0.000000461. The molecule has 1 aliphatic rings. The molecule has 1 heteroatoms. The van der Waals surface area contributed by atoms with Crippen LogP contribution in [-0.4, -0.2) is 0 Å². The third-order valence-electron chi connectivity index (χ3n) is 2.30. The minimum absolute atomic E-state index is 0.839. The van der Waals surface area contributed by atoms with E-state index >= 15 is 0 Å². The maximum atomic E-state index is 5.58. The van der Waals surface area contributed by atoms with Crippen LogP contribution in [0.5, 0.6) is 0 Å². The molecule has 2 N–H and O–H groups in total. The molecular weight excluding hydrogens is 170 g/mol. The van der Waals surface area contributed by atoms with Gasteiger partial charge in [-0.05, 0) is 37.0 Å². The normalized spacial score (nSPS) is 13.7. The van der Waals surface area contributed by atoms with Crippen molar-refractivity contribution in [1.29, 1.82) is 0 Å². The monoisotopic (exact) mass is 189 g/mol. The van der Waals surface area contributed by atoms with E-state index in [1.54, 1.807) is 5.57 Å². The summed E-state index contributed by atoms with van der Waals surface area (Å²) in [5.41, 5.74) is 9.27. The van der Waals surface area contributed by atoms with Crippen LogP contribution in [0.25, 0.3) is 6.08 Å². The third-order valence-corrected chi connectivity index (χ3v) is 2.30. The van der Waals surface area contributed by atoms with Gasteiger partial charge in [-0.25, -0.2) is 0 Å². The number of hydrogen-bond acceptors (Lipinski definition) is 1. The molecule has 1 aliphatic carbocycles. The molecule has 0 atom stereocenters. The lowest BCUT2D eigenvalue weighted by atomic mass is 9.91. The number of allylic oxidation sites excluding steroid dienone is 1. The van der Waals surface area contributed by atoms with Crippen molar-refractivity contribution in [2.75, 3.05) is 5.73 Å². The highest BCUT2D eigenvalue weighted by atomic mass is 14.5. The Bertz CT molecular complexity index is 290. The lowest BCUT2D eigenvalue weighted by molar-refractivity contribution is 0.670. The van der Waals surface area contributed by atoms with Crippen LogP contribution in [0.3, 0.4) is 0 Å². The van der Waals surface area contributed by atoms with Gasteiger partial charge in [-0.1, -0.05) is 37.6 Å². The first kappa shape index (κ1) is 10.8. The minimum atomic E-state index is 0.839. The minimum Gasteiger partial charge on any atom is -0.399 e. The first-order chi connectivity index (χ1) is 6.84. The average Bonchev–Trinajstić information content (AvgIpc) is 2.17. The van der Waals surface area contributed by atoms with Crippen LogP contribution in [0.1, 0.15) is 38.7 Å². The van der Waals surface area contributed by atoms with E-state index in [-0.39, 0.29) is 0 Å². The van der Waals surface area contributed by atoms with Crippen LogP contribution < -0.4 is 5.73 Å². The summed E-state index contributed by atoms with van der Waals surface area (Å²) in [6, 6.07) is 8.04. The fraction of sp³-hybridized carbons (Fsp3) is 0.385. The number of rotatable bonds is 1. The van der Waals surface area contributed by atoms with Crippen molar-refractivity contribution in [3.63, 3.8) is 0 Å². The summed E-state index contributed by atoms with van der Waals surface area (Å²) >= 11 is 0. The maximum absolute atomic E-state index is 5.58. The molecule has 0 amide bonds. The SMILES string of the molecule is CC.Nc1ccc(C=C2CCC2)cc1. The van der Waals surface area contributed by atoms with Gasteiger partial charge in [0.15, 0.2) is 0 Å². The molecule has 0 saturated heterocycles. The summed E-state index contributed by atoms with van der Waals surface area (Å²) in [5.74, 6) is 0. The highest BCUT2D eigenvalue weighted by molar-refractivity contribution is 5.56. The highest BCUT2D eigenvalue weighted by Crippen LogP contribution is 2.27. The number of benzene rings is 1. The van der Waals surface area contributed by atoms with Crippen molar-refractivity contribution in [1.82, 2.24) is 0 Å². The predicted octanol–water partition coefficient (Wildman–Crippen LogP) is 3.86. The average molecular weight is 189 g/mol. The Morgan fingerprint density at radius 1 is 1.07 bits per heavy atom. The zero-order valence-electron chi connectivity index (χ0n) is 9.09. The van der Waals surface area contributed by atoms with E-state index < -0.39 is 0 Å². The third kappa shape index (κ3) is 2.91. The molecule has 2 rings (SSSR count). The molecule has 0 heterocycles. The molecule has 0 spiro atoms. The number of anilines is 1. The van der Waals surface area contributed by atoms with E-state index in [2.05, 4.69) is 18.2 Å². The lowest BCUT2D eigenvalue weighted by Gasteiger charge is -2.15. The molecule has 1 fully saturated rings. The van der Waals surface area contributed by atoms with Crippen LogP contribution in [0.2, 0.25) is 0 Å². The van der Waals surface area contributed by atoms with Gasteiger partial charge < -0.3 is 5.73 Å². The second kappa shape index (κ2) is 5.48. The van der Waals surface area contributed by atoms with Gasteiger partial charge in [0.2, 0.25) is 0 Å². The zero-order valence-corrected chi connectivity index (χ0v) is 9.09. The molecular formula is C13H19N. The van der Waals surface area contributed by atoms with Gasteiger partial charge in [0.1, 0.15) is 0 Å². The Kier molecular flexibility index (Phi) is 4.24. The highest BCUT2D eigenvalue weighted by Gasteiger charge is 2.07. The molecule has 1 aromatic rings. The van der Waals surface area contributed by atoms with E-state index in [9.17, 15) is 0 Å². The van der Waals surface area contributed by atoms with Crippen molar-refractivity contribution in [2.45, 2.75) is 33.1 Å². The summed E-state index contributed by atoms with van der Waals surface area (Å²) in [5, 5.41) is 0. The van der Waals surface area contributed by atoms with E-state index in [0.29, 0.717) is 0 Å². The molecule has 0 aromatic heterocycles. The largest absolute Gasteiger partial charge is 0.399 e. The predicted molar refractivity (Wildman–Crippen MR) is 64.0 cm³/mol. The number of nitrogen functional groups attached to an aromatic ring is 1. The van der Waals surface area contributed by atoms with E-state index in [1.165, 1.54) is 24.8 Å². The molecule has 76 valence electrons. The first-order valence-corrected chi connectivity index (χ1v) is 5.39. The number of nitrogens with two attached hydrogens (primary N) is 1. The Morgan fingerprint density at radius 2 is 1.64 bits per heavy atom. The topological polar surface area (TPSA) is 26.0 Å². The van der Waals surface area contributed by atoms with Gasteiger partial charge in [-0.3, -0.25) is 0 Å². The van der Waals surface area contributed by atoms with E-state index in [0.717, 1.165) is 5.69 Å².